The van der Waals surface area contributed by atoms with Crippen molar-refractivity contribution in [2.75, 3.05) is 57.2 Å². The molecule has 0 aliphatic carbocycles. The number of nitrogens with zero attached hydrogens (tertiary/aromatic N) is 2. The molecule has 28 heavy (non-hydrogen) atoms. The molecule has 0 radical (unpaired) electrons. The van der Waals surface area contributed by atoms with Gasteiger partial charge in [-0.3, -0.25) is 9.69 Å². The fourth-order valence-corrected chi connectivity index (χ4v) is 6.38. The summed E-state index contributed by atoms with van der Waals surface area (Å²) < 4.78 is 0. The third-order valence-electron chi connectivity index (χ3n) is 5.83. The van der Waals surface area contributed by atoms with Crippen LogP contribution in [0.15, 0.2) is 0 Å². The summed E-state index contributed by atoms with van der Waals surface area (Å²) in [5.74, 6) is 2.31. The van der Waals surface area contributed by atoms with Gasteiger partial charge in [-0.1, -0.05) is 6.42 Å². The zero-order valence-corrected chi connectivity index (χ0v) is 18.6. The van der Waals surface area contributed by atoms with Crippen LogP contribution in [0.25, 0.3) is 0 Å². The van der Waals surface area contributed by atoms with Gasteiger partial charge in [0, 0.05) is 56.0 Å². The Balaban J connectivity index is 1.16. The number of thioether (sulfide) groups is 2. The summed E-state index contributed by atoms with van der Waals surface area (Å²) in [7, 11) is 0. The van der Waals surface area contributed by atoms with E-state index in [4.69, 9.17) is 0 Å². The molecule has 3 rings (SSSR count). The maximum atomic E-state index is 12.0. The molecule has 3 heterocycles. The van der Waals surface area contributed by atoms with Gasteiger partial charge in [-0.15, -0.1) is 11.8 Å². The molecule has 7 nitrogen and oxygen atoms in total. The zero-order valence-electron chi connectivity index (χ0n) is 17.0. The van der Waals surface area contributed by atoms with Gasteiger partial charge in [0.25, 0.3) is 0 Å². The molecule has 3 atom stereocenters. The second-order valence-electron chi connectivity index (χ2n) is 7.95. The smallest absolute Gasteiger partial charge is 0.315 e. The number of hydrogen-bond acceptors (Lipinski definition) is 6. The SMILES string of the molecule is CSCN1CCN(CCCNC(=O)CCCC[C@@H]2SC[C@@H]3NC(=O)N[C@@H]32)CC1. The maximum absolute atomic E-state index is 12.0. The fourth-order valence-electron chi connectivity index (χ4n) is 4.22. The molecule has 0 bridgehead atoms. The number of urea groups is 1. The van der Waals surface area contributed by atoms with Crippen LogP contribution in [-0.2, 0) is 4.79 Å². The van der Waals surface area contributed by atoms with Crippen LogP contribution in [0, 0.1) is 0 Å². The lowest BCUT2D eigenvalue weighted by Crippen LogP contribution is -2.46. The first-order valence-corrected chi connectivity index (χ1v) is 13.0. The maximum Gasteiger partial charge on any atom is 0.315 e. The fraction of sp³-hybridized carbons (Fsp3) is 0.895. The second-order valence-corrected chi connectivity index (χ2v) is 10.1. The Morgan fingerprint density at radius 3 is 2.75 bits per heavy atom. The Bertz CT molecular complexity index is 517. The first-order chi connectivity index (χ1) is 13.7. The van der Waals surface area contributed by atoms with Crippen molar-refractivity contribution >= 4 is 35.5 Å². The molecule has 3 fully saturated rings. The van der Waals surface area contributed by atoms with Gasteiger partial charge in [0.05, 0.1) is 12.1 Å². The van der Waals surface area contributed by atoms with E-state index in [9.17, 15) is 9.59 Å². The Labute approximate surface area is 177 Å². The summed E-state index contributed by atoms with van der Waals surface area (Å²) in [4.78, 5) is 28.4. The zero-order chi connectivity index (χ0) is 19.8. The Morgan fingerprint density at radius 2 is 1.96 bits per heavy atom. The van der Waals surface area contributed by atoms with Crippen molar-refractivity contribution in [2.24, 2.45) is 0 Å². The van der Waals surface area contributed by atoms with E-state index in [0.29, 0.717) is 17.7 Å². The molecule has 3 saturated heterocycles. The van der Waals surface area contributed by atoms with Crippen molar-refractivity contribution in [3.8, 4) is 0 Å². The van der Waals surface area contributed by atoms with Crippen molar-refractivity contribution in [2.45, 2.75) is 49.4 Å². The van der Waals surface area contributed by atoms with E-state index in [1.165, 1.54) is 0 Å². The molecule has 0 saturated carbocycles. The van der Waals surface area contributed by atoms with Crippen LogP contribution in [0.4, 0.5) is 4.79 Å². The predicted octanol–water partition coefficient (Wildman–Crippen LogP) is 1.16. The quantitative estimate of drug-likeness (QED) is 0.338. The lowest BCUT2D eigenvalue weighted by molar-refractivity contribution is -0.121. The van der Waals surface area contributed by atoms with Crippen molar-refractivity contribution in [1.29, 1.82) is 0 Å². The normalized spacial score (nSPS) is 28.0. The van der Waals surface area contributed by atoms with Gasteiger partial charge in [0.2, 0.25) is 5.91 Å². The average Bonchev–Trinajstić information content (AvgIpc) is 3.23. The third kappa shape index (κ3) is 6.71. The van der Waals surface area contributed by atoms with Crippen LogP contribution in [0.3, 0.4) is 0 Å². The monoisotopic (exact) mass is 429 g/mol. The standard InChI is InChI=1S/C19H35N5O2S2/c1-27-14-24-11-9-23(10-12-24)8-4-7-20-17(25)6-3-2-5-16-18-15(13-28-16)21-19(26)22-18/h15-16,18H,2-14H2,1H3,(H,20,25)(H2,21,22,26)/t15-,16-,18-/m0/s1. The van der Waals surface area contributed by atoms with E-state index in [1.807, 2.05) is 23.5 Å². The van der Waals surface area contributed by atoms with Gasteiger partial charge in [0.15, 0.2) is 0 Å². The minimum Gasteiger partial charge on any atom is -0.356 e. The van der Waals surface area contributed by atoms with E-state index in [-0.39, 0.29) is 18.0 Å². The highest BCUT2D eigenvalue weighted by atomic mass is 32.2. The number of rotatable bonds is 11. The molecule has 3 aliphatic heterocycles. The van der Waals surface area contributed by atoms with Crippen LogP contribution in [0.2, 0.25) is 0 Å². The van der Waals surface area contributed by atoms with Crippen molar-refractivity contribution in [3.63, 3.8) is 0 Å². The Morgan fingerprint density at radius 1 is 1.18 bits per heavy atom. The summed E-state index contributed by atoms with van der Waals surface area (Å²) in [6.07, 6.45) is 6.85. The predicted molar refractivity (Wildman–Crippen MR) is 118 cm³/mol. The topological polar surface area (TPSA) is 76.7 Å². The van der Waals surface area contributed by atoms with E-state index in [2.05, 4.69) is 32.0 Å². The van der Waals surface area contributed by atoms with E-state index < -0.39 is 0 Å². The number of carbonyl (C=O) groups is 2. The minimum absolute atomic E-state index is 0.0264. The average molecular weight is 430 g/mol. The van der Waals surface area contributed by atoms with E-state index in [0.717, 1.165) is 76.6 Å². The minimum atomic E-state index is -0.0264. The summed E-state index contributed by atoms with van der Waals surface area (Å²) in [6, 6.07) is 0.537. The van der Waals surface area contributed by atoms with Crippen LogP contribution >= 0.6 is 23.5 Å². The highest BCUT2D eigenvalue weighted by Gasteiger charge is 2.42. The van der Waals surface area contributed by atoms with Gasteiger partial charge in [0.1, 0.15) is 0 Å². The molecule has 9 heteroatoms. The first-order valence-electron chi connectivity index (χ1n) is 10.5. The third-order valence-corrected chi connectivity index (χ3v) is 7.96. The lowest BCUT2D eigenvalue weighted by Gasteiger charge is -2.34. The molecule has 3 N–H and O–H groups in total. The Hall–Kier alpha value is -0.640. The number of unbranched alkanes of at least 4 members (excludes halogenated alkanes) is 1. The summed E-state index contributed by atoms with van der Waals surface area (Å²) >= 11 is 3.83. The number of carbonyl (C=O) groups excluding carboxylic acids is 2. The molecular formula is C19H35N5O2S2. The van der Waals surface area contributed by atoms with Crippen molar-refractivity contribution in [1.82, 2.24) is 25.8 Å². The van der Waals surface area contributed by atoms with E-state index in [1.54, 1.807) is 0 Å². The molecule has 0 aromatic carbocycles. The van der Waals surface area contributed by atoms with Gasteiger partial charge in [-0.05, 0) is 32.1 Å². The van der Waals surface area contributed by atoms with Gasteiger partial charge in [-0.25, -0.2) is 4.79 Å². The largest absolute Gasteiger partial charge is 0.356 e. The molecule has 0 unspecified atom stereocenters. The van der Waals surface area contributed by atoms with Crippen molar-refractivity contribution < 1.29 is 9.59 Å². The molecule has 0 aromatic heterocycles. The number of fused-ring (bicyclic) bond motifs is 1. The van der Waals surface area contributed by atoms with E-state index >= 15 is 0 Å². The Kier molecular flexibility index (Phi) is 9.07. The van der Waals surface area contributed by atoms with Crippen molar-refractivity contribution in [3.05, 3.63) is 0 Å². The summed E-state index contributed by atoms with van der Waals surface area (Å²) in [6.45, 7) is 6.47. The van der Waals surface area contributed by atoms with Crippen LogP contribution in [-0.4, -0.2) is 96.2 Å². The van der Waals surface area contributed by atoms with Gasteiger partial charge in [-0.2, -0.15) is 11.8 Å². The van der Waals surface area contributed by atoms with Crippen LogP contribution < -0.4 is 16.0 Å². The highest BCUT2D eigenvalue weighted by Crippen LogP contribution is 2.33. The second kappa shape index (κ2) is 11.5. The number of hydrogen-bond donors (Lipinski definition) is 3. The molecular weight excluding hydrogens is 394 g/mol. The number of nitrogens with one attached hydrogen (secondary N) is 3. The van der Waals surface area contributed by atoms with Crippen LogP contribution in [0.5, 0.6) is 0 Å². The number of piperazine rings is 1. The summed E-state index contributed by atoms with van der Waals surface area (Å²) in [5.41, 5.74) is 0. The molecule has 3 aliphatic rings. The lowest BCUT2D eigenvalue weighted by atomic mass is 10.0. The summed E-state index contributed by atoms with van der Waals surface area (Å²) in [5, 5.41) is 9.56. The molecule has 0 aromatic rings. The van der Waals surface area contributed by atoms with Gasteiger partial charge >= 0.3 is 6.03 Å². The molecule has 160 valence electrons. The molecule has 0 spiro atoms. The van der Waals surface area contributed by atoms with Crippen LogP contribution in [0.1, 0.15) is 32.1 Å². The first kappa shape index (κ1) is 22.1. The van der Waals surface area contributed by atoms with Gasteiger partial charge < -0.3 is 20.9 Å². The number of amides is 3. The highest BCUT2D eigenvalue weighted by molar-refractivity contribution is 8.00. The molecule has 3 amide bonds.